The fourth-order valence-electron chi connectivity index (χ4n) is 2.26. The molecule has 4 nitrogen and oxygen atoms in total. The molecule has 1 N–H and O–H groups in total. The van der Waals surface area contributed by atoms with E-state index >= 15 is 0 Å². The first-order chi connectivity index (χ1) is 10.3. The molecule has 1 atom stereocenters. The van der Waals surface area contributed by atoms with Crippen LogP contribution in [-0.4, -0.2) is 22.7 Å². The van der Waals surface area contributed by atoms with Crippen molar-refractivity contribution in [3.05, 3.63) is 35.7 Å². The van der Waals surface area contributed by atoms with Crippen molar-refractivity contribution in [3.63, 3.8) is 0 Å². The predicted molar refractivity (Wildman–Crippen MR) is 85.2 cm³/mol. The molecule has 1 aromatic heterocycles. The van der Waals surface area contributed by atoms with Crippen molar-refractivity contribution < 1.29 is 4.52 Å². The van der Waals surface area contributed by atoms with Gasteiger partial charge in [0.2, 0.25) is 11.7 Å². The van der Waals surface area contributed by atoms with Gasteiger partial charge in [-0.3, -0.25) is 0 Å². The minimum absolute atomic E-state index is 0.403. The van der Waals surface area contributed by atoms with E-state index in [4.69, 9.17) is 4.52 Å². The standard InChI is InChI=1S/C17H25N3O/c1-4-11-18-15(6-3)12-16-19-17(20-21-16)14-9-7-13(5-2)8-10-14/h7-10,15,18H,4-6,11-12H2,1-3H3. The summed E-state index contributed by atoms with van der Waals surface area (Å²) < 4.78 is 5.39. The fraction of sp³-hybridized carbons (Fsp3) is 0.529. The van der Waals surface area contributed by atoms with E-state index in [1.807, 2.05) is 0 Å². The molecule has 0 fully saturated rings. The molecule has 0 saturated heterocycles. The van der Waals surface area contributed by atoms with Crippen LogP contribution in [-0.2, 0) is 12.8 Å². The van der Waals surface area contributed by atoms with Gasteiger partial charge in [-0.25, -0.2) is 0 Å². The normalized spacial score (nSPS) is 12.5. The molecule has 2 rings (SSSR count). The summed E-state index contributed by atoms with van der Waals surface area (Å²) in [5, 5.41) is 7.60. The zero-order chi connectivity index (χ0) is 15.1. The second-order valence-corrected chi connectivity index (χ2v) is 5.33. The topological polar surface area (TPSA) is 51.0 Å². The van der Waals surface area contributed by atoms with Gasteiger partial charge in [-0.2, -0.15) is 4.98 Å². The minimum Gasteiger partial charge on any atom is -0.339 e. The average Bonchev–Trinajstić information content (AvgIpc) is 3.00. The molecule has 114 valence electrons. The summed E-state index contributed by atoms with van der Waals surface area (Å²) in [6.45, 7) is 7.52. The molecule has 21 heavy (non-hydrogen) atoms. The van der Waals surface area contributed by atoms with Gasteiger partial charge < -0.3 is 9.84 Å². The third kappa shape index (κ3) is 4.39. The van der Waals surface area contributed by atoms with Crippen molar-refractivity contribution >= 4 is 0 Å². The molecule has 1 heterocycles. The van der Waals surface area contributed by atoms with Crippen LogP contribution in [0.5, 0.6) is 0 Å². The van der Waals surface area contributed by atoms with Crippen LogP contribution < -0.4 is 5.32 Å². The number of nitrogens with zero attached hydrogens (tertiary/aromatic N) is 2. The SMILES string of the molecule is CCCNC(CC)Cc1nc(-c2ccc(CC)cc2)no1. The van der Waals surface area contributed by atoms with Crippen LogP contribution >= 0.6 is 0 Å². The number of nitrogens with one attached hydrogen (secondary N) is 1. The molecule has 0 aliphatic rings. The highest BCUT2D eigenvalue weighted by atomic mass is 16.5. The monoisotopic (exact) mass is 287 g/mol. The molecule has 1 unspecified atom stereocenters. The smallest absolute Gasteiger partial charge is 0.228 e. The molecule has 0 saturated carbocycles. The molecule has 0 spiro atoms. The van der Waals surface area contributed by atoms with Gasteiger partial charge in [0.15, 0.2) is 0 Å². The second-order valence-electron chi connectivity index (χ2n) is 5.33. The van der Waals surface area contributed by atoms with Gasteiger partial charge in [-0.1, -0.05) is 50.2 Å². The fourth-order valence-corrected chi connectivity index (χ4v) is 2.26. The summed E-state index contributed by atoms with van der Waals surface area (Å²) in [4.78, 5) is 4.51. The van der Waals surface area contributed by atoms with Crippen molar-refractivity contribution in [1.82, 2.24) is 15.5 Å². The maximum Gasteiger partial charge on any atom is 0.228 e. The number of rotatable bonds is 8. The highest BCUT2D eigenvalue weighted by Crippen LogP contribution is 2.17. The Morgan fingerprint density at radius 2 is 1.90 bits per heavy atom. The molecular formula is C17H25N3O. The Kier molecular flexibility index (Phi) is 5.93. The Bertz CT molecular complexity index is 533. The van der Waals surface area contributed by atoms with E-state index in [0.717, 1.165) is 37.8 Å². The number of hydrogen-bond acceptors (Lipinski definition) is 4. The third-order valence-corrected chi connectivity index (χ3v) is 3.69. The second kappa shape index (κ2) is 7.93. The van der Waals surface area contributed by atoms with E-state index in [9.17, 15) is 0 Å². The van der Waals surface area contributed by atoms with Crippen molar-refractivity contribution in [2.75, 3.05) is 6.54 Å². The lowest BCUT2D eigenvalue weighted by atomic mass is 10.1. The highest BCUT2D eigenvalue weighted by Gasteiger charge is 2.13. The summed E-state index contributed by atoms with van der Waals surface area (Å²) in [7, 11) is 0. The van der Waals surface area contributed by atoms with Crippen LogP contribution in [0.1, 0.15) is 45.1 Å². The number of aromatic nitrogens is 2. The molecule has 0 aliphatic heterocycles. The Morgan fingerprint density at radius 3 is 2.52 bits per heavy atom. The number of aryl methyl sites for hydroxylation is 1. The summed E-state index contributed by atoms with van der Waals surface area (Å²) in [5.74, 6) is 1.39. The first-order valence-electron chi connectivity index (χ1n) is 7.92. The largest absolute Gasteiger partial charge is 0.339 e. The van der Waals surface area contributed by atoms with Crippen molar-refractivity contribution in [2.45, 2.75) is 52.5 Å². The molecule has 2 aromatic rings. The lowest BCUT2D eigenvalue weighted by molar-refractivity contribution is 0.354. The lowest BCUT2D eigenvalue weighted by Crippen LogP contribution is -2.31. The zero-order valence-electron chi connectivity index (χ0n) is 13.2. The van der Waals surface area contributed by atoms with E-state index in [0.29, 0.717) is 17.8 Å². The summed E-state index contributed by atoms with van der Waals surface area (Å²) >= 11 is 0. The zero-order valence-corrected chi connectivity index (χ0v) is 13.2. The first-order valence-corrected chi connectivity index (χ1v) is 7.92. The molecule has 0 aliphatic carbocycles. The minimum atomic E-state index is 0.403. The van der Waals surface area contributed by atoms with Crippen LogP contribution in [0.3, 0.4) is 0 Å². The van der Waals surface area contributed by atoms with Gasteiger partial charge >= 0.3 is 0 Å². The van der Waals surface area contributed by atoms with E-state index in [1.54, 1.807) is 0 Å². The lowest BCUT2D eigenvalue weighted by Gasteiger charge is -2.13. The van der Waals surface area contributed by atoms with E-state index in [-0.39, 0.29) is 0 Å². The molecule has 0 bridgehead atoms. The molecule has 0 amide bonds. The van der Waals surface area contributed by atoms with E-state index in [1.165, 1.54) is 5.56 Å². The van der Waals surface area contributed by atoms with Gasteiger partial charge in [0.1, 0.15) is 0 Å². The van der Waals surface area contributed by atoms with Gasteiger partial charge in [0.25, 0.3) is 0 Å². The maximum atomic E-state index is 5.39. The quantitative estimate of drug-likeness (QED) is 0.805. The number of hydrogen-bond donors (Lipinski definition) is 1. The van der Waals surface area contributed by atoms with Crippen LogP contribution in [0.15, 0.2) is 28.8 Å². The highest BCUT2D eigenvalue weighted by molar-refractivity contribution is 5.54. The molecule has 1 aromatic carbocycles. The summed E-state index contributed by atoms with van der Waals surface area (Å²) in [5.41, 5.74) is 2.33. The molecular weight excluding hydrogens is 262 g/mol. The number of benzene rings is 1. The van der Waals surface area contributed by atoms with Gasteiger partial charge in [-0.05, 0) is 31.4 Å². The van der Waals surface area contributed by atoms with Crippen LogP contribution in [0.25, 0.3) is 11.4 Å². The van der Waals surface area contributed by atoms with Crippen molar-refractivity contribution in [1.29, 1.82) is 0 Å². The van der Waals surface area contributed by atoms with Gasteiger partial charge in [0.05, 0.1) is 0 Å². The Labute approximate surface area is 127 Å². The Morgan fingerprint density at radius 1 is 1.14 bits per heavy atom. The Balaban J connectivity index is 2.02. The Hall–Kier alpha value is -1.68. The van der Waals surface area contributed by atoms with E-state index < -0.39 is 0 Å². The molecule has 4 heteroatoms. The van der Waals surface area contributed by atoms with Crippen LogP contribution in [0.4, 0.5) is 0 Å². The predicted octanol–water partition coefficient (Wildman–Crippen LogP) is 3.62. The van der Waals surface area contributed by atoms with Crippen molar-refractivity contribution in [3.8, 4) is 11.4 Å². The maximum absolute atomic E-state index is 5.39. The van der Waals surface area contributed by atoms with Gasteiger partial charge in [0, 0.05) is 18.0 Å². The molecule has 0 radical (unpaired) electrons. The first kappa shape index (κ1) is 15.7. The van der Waals surface area contributed by atoms with Crippen molar-refractivity contribution in [2.24, 2.45) is 0 Å². The third-order valence-electron chi connectivity index (χ3n) is 3.69. The summed E-state index contributed by atoms with van der Waals surface area (Å²) in [6.07, 6.45) is 4.02. The average molecular weight is 287 g/mol. The van der Waals surface area contributed by atoms with Crippen LogP contribution in [0, 0.1) is 0 Å². The van der Waals surface area contributed by atoms with Crippen LogP contribution in [0.2, 0.25) is 0 Å². The van der Waals surface area contributed by atoms with E-state index in [2.05, 4.69) is 60.5 Å². The van der Waals surface area contributed by atoms with Gasteiger partial charge in [-0.15, -0.1) is 0 Å². The summed E-state index contributed by atoms with van der Waals surface area (Å²) in [6, 6.07) is 8.74.